The molecule has 0 saturated carbocycles. The average molecular weight is 268 g/mol. The average Bonchev–Trinajstić information content (AvgIpc) is 2.28. The van der Waals surface area contributed by atoms with E-state index in [0.29, 0.717) is 5.56 Å². The first-order valence-corrected chi connectivity index (χ1v) is 5.48. The minimum Gasteiger partial charge on any atom is -0.488 e. The highest BCUT2D eigenvalue weighted by Gasteiger charge is 2.28. The van der Waals surface area contributed by atoms with Crippen molar-refractivity contribution < 1.29 is 27.0 Å². The van der Waals surface area contributed by atoms with E-state index in [9.17, 15) is 17.6 Å². The summed E-state index contributed by atoms with van der Waals surface area (Å²) in [5.41, 5.74) is 0.705. The van der Waals surface area contributed by atoms with Gasteiger partial charge in [0.25, 0.3) is 0 Å². The summed E-state index contributed by atoms with van der Waals surface area (Å²) in [6, 6.07) is 4.20. The van der Waals surface area contributed by atoms with E-state index in [-0.39, 0.29) is 12.4 Å². The summed E-state index contributed by atoms with van der Waals surface area (Å²) in [6.07, 6.45) is -4.69. The van der Waals surface area contributed by atoms with Gasteiger partial charge in [0, 0.05) is 0 Å². The van der Waals surface area contributed by atoms with Gasteiger partial charge in [0.15, 0.2) is 11.6 Å². The van der Waals surface area contributed by atoms with Gasteiger partial charge in [-0.1, -0.05) is 19.9 Å². The third-order valence-corrected chi connectivity index (χ3v) is 1.69. The highest BCUT2D eigenvalue weighted by molar-refractivity contribution is 5.28. The first-order valence-electron chi connectivity index (χ1n) is 5.48. The lowest BCUT2D eigenvalue weighted by atomic mass is 10.2. The van der Waals surface area contributed by atoms with Crippen molar-refractivity contribution in [2.75, 3.05) is 13.2 Å². The Morgan fingerprint density at radius 2 is 1.72 bits per heavy atom. The number of halogens is 4. The largest absolute Gasteiger partial charge is 0.522 e. The van der Waals surface area contributed by atoms with Crippen LogP contribution in [-0.4, -0.2) is 19.6 Å². The Morgan fingerprint density at radius 3 is 2.22 bits per heavy atom. The van der Waals surface area contributed by atoms with Crippen LogP contribution in [0.1, 0.15) is 19.4 Å². The number of alkyl halides is 3. The van der Waals surface area contributed by atoms with Crippen LogP contribution in [0.2, 0.25) is 0 Å². The van der Waals surface area contributed by atoms with E-state index >= 15 is 0 Å². The lowest BCUT2D eigenvalue weighted by Crippen LogP contribution is -2.18. The molecule has 0 radical (unpaired) electrons. The summed E-state index contributed by atoms with van der Waals surface area (Å²) in [7, 11) is 0. The second-order valence-electron chi connectivity index (χ2n) is 3.08. The molecule has 0 aliphatic heterocycles. The second kappa shape index (κ2) is 7.92. The molecule has 0 aliphatic rings. The molecule has 0 N–H and O–H groups in total. The van der Waals surface area contributed by atoms with Gasteiger partial charge in [-0.05, 0) is 24.6 Å². The van der Waals surface area contributed by atoms with Gasteiger partial charge in [-0.25, -0.2) is 4.39 Å². The van der Waals surface area contributed by atoms with E-state index < -0.39 is 18.8 Å². The summed E-state index contributed by atoms with van der Waals surface area (Å²) in [6.45, 7) is 4.66. The molecule has 0 saturated heterocycles. The van der Waals surface area contributed by atoms with Crippen molar-refractivity contribution in [3.8, 4) is 5.75 Å². The zero-order chi connectivity index (χ0) is 14.2. The summed E-state index contributed by atoms with van der Waals surface area (Å²) in [5.74, 6) is -0.691. The molecule has 1 rings (SSSR count). The van der Waals surface area contributed by atoms with E-state index in [4.69, 9.17) is 4.74 Å². The van der Waals surface area contributed by atoms with Crippen LogP contribution in [0.5, 0.6) is 5.75 Å². The minimum atomic E-state index is -4.69. The Bertz CT molecular complexity index is 350. The lowest BCUT2D eigenvalue weighted by Gasteiger charge is -2.09. The van der Waals surface area contributed by atoms with Crippen LogP contribution in [0.4, 0.5) is 17.6 Å². The van der Waals surface area contributed by atoms with Crippen LogP contribution in [0.15, 0.2) is 18.2 Å². The normalized spacial score (nSPS) is 10.6. The van der Waals surface area contributed by atoms with E-state index in [0.717, 1.165) is 0 Å². The maximum atomic E-state index is 13.1. The molecule has 0 heterocycles. The zero-order valence-corrected chi connectivity index (χ0v) is 10.5. The molecule has 0 unspecified atom stereocenters. The maximum Gasteiger partial charge on any atom is 0.522 e. The molecule has 0 aromatic heterocycles. The number of benzene rings is 1. The lowest BCUT2D eigenvalue weighted by molar-refractivity contribution is -0.325. The van der Waals surface area contributed by atoms with Crippen molar-refractivity contribution in [2.45, 2.75) is 27.1 Å². The quantitative estimate of drug-likeness (QED) is 0.605. The predicted octanol–water partition coefficient (Wildman–Crippen LogP) is 4.08. The standard InChI is InChI=1S/C10H10F4O2.C2H6/c1-7-2-3-9(8(11)6-7)15-4-5-16-10(12,13)14;1-2/h2-3,6H,4-5H2,1H3;1-2H3. The van der Waals surface area contributed by atoms with Crippen molar-refractivity contribution >= 4 is 0 Å². The Hall–Kier alpha value is -1.30. The van der Waals surface area contributed by atoms with Crippen LogP contribution in [0.25, 0.3) is 0 Å². The van der Waals surface area contributed by atoms with Crippen molar-refractivity contribution in [2.24, 2.45) is 0 Å². The summed E-state index contributed by atoms with van der Waals surface area (Å²) in [5, 5.41) is 0. The molecule has 0 bridgehead atoms. The number of aryl methyl sites for hydroxylation is 1. The number of ether oxygens (including phenoxy) is 2. The van der Waals surface area contributed by atoms with E-state index in [1.165, 1.54) is 12.1 Å². The second-order valence-corrected chi connectivity index (χ2v) is 3.08. The summed E-state index contributed by atoms with van der Waals surface area (Å²) in [4.78, 5) is 0. The molecule has 1 aromatic rings. The Morgan fingerprint density at radius 1 is 1.11 bits per heavy atom. The van der Waals surface area contributed by atoms with Crippen LogP contribution < -0.4 is 4.74 Å². The molecule has 104 valence electrons. The molecular weight excluding hydrogens is 252 g/mol. The molecule has 1 aromatic carbocycles. The van der Waals surface area contributed by atoms with E-state index in [1.54, 1.807) is 13.0 Å². The molecule has 0 amide bonds. The van der Waals surface area contributed by atoms with E-state index in [2.05, 4.69) is 4.74 Å². The number of hydrogen-bond donors (Lipinski definition) is 0. The van der Waals surface area contributed by atoms with Gasteiger partial charge in [-0.2, -0.15) is 0 Å². The van der Waals surface area contributed by atoms with Gasteiger partial charge in [-0.3, -0.25) is 4.74 Å². The minimum absolute atomic E-state index is 0.0867. The highest BCUT2D eigenvalue weighted by atomic mass is 19.4. The molecule has 0 atom stereocenters. The molecular formula is C12H16F4O2. The van der Waals surface area contributed by atoms with E-state index in [1.807, 2.05) is 13.8 Å². The highest BCUT2D eigenvalue weighted by Crippen LogP contribution is 2.19. The molecule has 0 fully saturated rings. The Kier molecular flexibility index (Phi) is 7.35. The van der Waals surface area contributed by atoms with Gasteiger partial charge < -0.3 is 4.74 Å². The SMILES string of the molecule is CC.Cc1ccc(OCCOC(F)(F)F)c(F)c1. The molecule has 6 heteroatoms. The Labute approximate surface area is 104 Å². The maximum absolute atomic E-state index is 13.1. The van der Waals surface area contributed by atoms with Crippen molar-refractivity contribution in [3.63, 3.8) is 0 Å². The van der Waals surface area contributed by atoms with Crippen LogP contribution in [0.3, 0.4) is 0 Å². The summed E-state index contributed by atoms with van der Waals surface area (Å²) < 4.78 is 56.1. The van der Waals surface area contributed by atoms with Crippen LogP contribution in [-0.2, 0) is 4.74 Å². The van der Waals surface area contributed by atoms with Crippen LogP contribution >= 0.6 is 0 Å². The number of rotatable bonds is 4. The fourth-order valence-corrected chi connectivity index (χ4v) is 1.03. The van der Waals surface area contributed by atoms with Crippen LogP contribution in [0, 0.1) is 12.7 Å². The summed E-state index contributed by atoms with van der Waals surface area (Å²) >= 11 is 0. The third-order valence-electron chi connectivity index (χ3n) is 1.69. The van der Waals surface area contributed by atoms with Crippen molar-refractivity contribution in [3.05, 3.63) is 29.6 Å². The smallest absolute Gasteiger partial charge is 0.488 e. The Balaban J connectivity index is 0.00000137. The first kappa shape index (κ1) is 16.7. The van der Waals surface area contributed by atoms with Gasteiger partial charge in [0.05, 0.1) is 6.61 Å². The van der Waals surface area contributed by atoms with Crippen molar-refractivity contribution in [1.82, 2.24) is 0 Å². The molecule has 0 spiro atoms. The fourth-order valence-electron chi connectivity index (χ4n) is 1.03. The molecule has 18 heavy (non-hydrogen) atoms. The van der Waals surface area contributed by atoms with Gasteiger partial charge in [-0.15, -0.1) is 13.2 Å². The first-order chi connectivity index (χ1) is 8.38. The monoisotopic (exact) mass is 268 g/mol. The molecule has 0 aliphatic carbocycles. The van der Waals surface area contributed by atoms with Crippen molar-refractivity contribution in [1.29, 1.82) is 0 Å². The fraction of sp³-hybridized carbons (Fsp3) is 0.500. The zero-order valence-electron chi connectivity index (χ0n) is 10.5. The predicted molar refractivity (Wildman–Crippen MR) is 60.0 cm³/mol. The topological polar surface area (TPSA) is 18.5 Å². The van der Waals surface area contributed by atoms with Gasteiger partial charge in [0.1, 0.15) is 6.61 Å². The van der Waals surface area contributed by atoms with Gasteiger partial charge >= 0.3 is 6.36 Å². The third kappa shape index (κ3) is 7.11. The van der Waals surface area contributed by atoms with Gasteiger partial charge in [0.2, 0.25) is 0 Å². The molecule has 2 nitrogen and oxygen atoms in total. The number of hydrogen-bond acceptors (Lipinski definition) is 2.